The van der Waals surface area contributed by atoms with Crippen molar-refractivity contribution in [1.82, 2.24) is 0 Å². The predicted molar refractivity (Wildman–Crippen MR) is 135 cm³/mol. The van der Waals surface area contributed by atoms with Crippen LogP contribution in [-0.2, 0) is 4.79 Å². The number of amides is 1. The number of carbonyl (C=O) groups is 1. The molecule has 1 unspecified atom stereocenters. The van der Waals surface area contributed by atoms with Crippen LogP contribution in [0.1, 0.15) is 52.4 Å². The van der Waals surface area contributed by atoms with Crippen molar-refractivity contribution in [3.05, 3.63) is 68.8 Å². The number of non-ortho nitro benzene ring substituents is 1. The number of anilines is 2. The second-order valence-corrected chi connectivity index (χ2v) is 8.25. The van der Waals surface area contributed by atoms with Gasteiger partial charge in [0.25, 0.3) is 11.6 Å². The number of benzene rings is 2. The molecule has 0 radical (unpaired) electrons. The van der Waals surface area contributed by atoms with E-state index in [4.69, 9.17) is 0 Å². The van der Waals surface area contributed by atoms with Crippen molar-refractivity contribution in [3.8, 4) is 0 Å². The molecule has 2 aromatic carbocycles. The van der Waals surface area contributed by atoms with Gasteiger partial charge in [0.2, 0.25) is 0 Å². The highest BCUT2D eigenvalue weighted by Gasteiger charge is 2.38. The zero-order valence-corrected chi connectivity index (χ0v) is 19.7. The van der Waals surface area contributed by atoms with Crippen molar-refractivity contribution in [2.24, 2.45) is 16.1 Å². The molecule has 1 atom stereocenters. The summed E-state index contributed by atoms with van der Waals surface area (Å²) in [7, 11) is 0. The number of hydrazone groups is 2. The van der Waals surface area contributed by atoms with Gasteiger partial charge in [-0.15, -0.1) is 0 Å². The van der Waals surface area contributed by atoms with Crippen LogP contribution in [0.3, 0.4) is 0 Å². The first-order valence-electron chi connectivity index (χ1n) is 11.5. The highest BCUT2D eigenvalue weighted by Crippen LogP contribution is 2.30. The third-order valence-corrected chi connectivity index (χ3v) is 5.71. The number of rotatable bonds is 12. The number of unbranched alkanes of at least 4 members (excludes halogenated alkanes) is 4. The van der Waals surface area contributed by atoms with Gasteiger partial charge in [-0.2, -0.15) is 15.2 Å². The summed E-state index contributed by atoms with van der Waals surface area (Å²) < 4.78 is 0. The Morgan fingerprint density at radius 2 is 1.77 bits per heavy atom. The summed E-state index contributed by atoms with van der Waals surface area (Å²) in [6, 6.07) is 12.4. The average Bonchev–Trinajstić information content (AvgIpc) is 3.15. The lowest BCUT2D eigenvalue weighted by atomic mass is 9.93. The van der Waals surface area contributed by atoms with Crippen molar-refractivity contribution in [1.29, 1.82) is 0 Å². The van der Waals surface area contributed by atoms with Crippen LogP contribution in [0.4, 0.5) is 22.7 Å². The minimum atomic E-state index is -0.708. The summed E-state index contributed by atoms with van der Waals surface area (Å²) in [5.41, 5.74) is 3.55. The highest BCUT2D eigenvalue weighted by molar-refractivity contribution is 6.28. The molecule has 35 heavy (non-hydrogen) atoms. The standard InChI is InChI=1S/C24H28N6O5/c1-3-4-5-6-10-13-21(23-17(2)27-28(24(23)31)18-11-8-7-9-12-18)26-25-20-15-14-19(29(32)33)16-22(20)30(34)35/h7-9,11-12,14-16,23,25H,3-6,10,13H2,1-2H3. The van der Waals surface area contributed by atoms with Gasteiger partial charge in [0, 0.05) is 6.07 Å². The Kier molecular flexibility index (Phi) is 8.60. The molecule has 1 heterocycles. The van der Waals surface area contributed by atoms with Gasteiger partial charge in [-0.05, 0) is 38.0 Å². The Morgan fingerprint density at radius 3 is 2.43 bits per heavy atom. The molecule has 2 aromatic rings. The fourth-order valence-electron chi connectivity index (χ4n) is 3.89. The summed E-state index contributed by atoms with van der Waals surface area (Å²) in [6.45, 7) is 3.88. The van der Waals surface area contributed by atoms with Crippen LogP contribution in [0, 0.1) is 26.1 Å². The van der Waals surface area contributed by atoms with E-state index in [9.17, 15) is 25.0 Å². The lowest BCUT2D eigenvalue weighted by Gasteiger charge is -2.16. The van der Waals surface area contributed by atoms with Crippen LogP contribution in [0.15, 0.2) is 58.7 Å². The number of nitro groups is 2. The van der Waals surface area contributed by atoms with Crippen LogP contribution in [0.2, 0.25) is 0 Å². The van der Waals surface area contributed by atoms with Gasteiger partial charge in [-0.3, -0.25) is 30.4 Å². The van der Waals surface area contributed by atoms with E-state index < -0.39 is 27.1 Å². The Morgan fingerprint density at radius 1 is 1.06 bits per heavy atom. The molecule has 0 aromatic heterocycles. The molecule has 0 spiro atoms. The Labute approximate surface area is 202 Å². The molecule has 1 aliphatic heterocycles. The molecule has 184 valence electrons. The number of nitrogens with zero attached hydrogens (tertiary/aromatic N) is 5. The normalized spacial score (nSPS) is 15.8. The molecule has 1 amide bonds. The maximum absolute atomic E-state index is 13.3. The molecule has 0 saturated carbocycles. The number of hydrogen-bond donors (Lipinski definition) is 1. The molecule has 11 heteroatoms. The number of carbonyl (C=O) groups excluding carboxylic acids is 1. The van der Waals surface area contributed by atoms with Gasteiger partial charge in [-0.1, -0.05) is 50.8 Å². The van der Waals surface area contributed by atoms with E-state index in [1.165, 1.54) is 17.1 Å². The highest BCUT2D eigenvalue weighted by atomic mass is 16.6. The third kappa shape index (κ3) is 6.25. The molecule has 1 N–H and O–H groups in total. The quantitative estimate of drug-likeness (QED) is 0.179. The minimum absolute atomic E-state index is 0.00374. The Balaban J connectivity index is 1.89. The molecule has 3 rings (SSSR count). The second kappa shape index (κ2) is 11.8. The van der Waals surface area contributed by atoms with Crippen molar-refractivity contribution < 1.29 is 14.6 Å². The van der Waals surface area contributed by atoms with Crippen LogP contribution in [0.25, 0.3) is 0 Å². The first kappa shape index (κ1) is 25.5. The lowest BCUT2D eigenvalue weighted by Crippen LogP contribution is -2.33. The molecular formula is C24H28N6O5. The van der Waals surface area contributed by atoms with Crippen molar-refractivity contribution in [3.63, 3.8) is 0 Å². The molecule has 0 aliphatic carbocycles. The fraction of sp³-hybridized carbons (Fsp3) is 0.375. The van der Waals surface area contributed by atoms with E-state index in [0.29, 0.717) is 23.5 Å². The van der Waals surface area contributed by atoms with Crippen molar-refractivity contribution in [2.45, 2.75) is 52.4 Å². The van der Waals surface area contributed by atoms with Gasteiger partial charge in [0.15, 0.2) is 0 Å². The minimum Gasteiger partial charge on any atom is -0.272 e. The van der Waals surface area contributed by atoms with E-state index in [-0.39, 0.29) is 11.6 Å². The zero-order valence-electron chi connectivity index (χ0n) is 19.7. The lowest BCUT2D eigenvalue weighted by molar-refractivity contribution is -0.393. The van der Waals surface area contributed by atoms with E-state index in [2.05, 4.69) is 22.6 Å². The van der Waals surface area contributed by atoms with E-state index >= 15 is 0 Å². The molecule has 11 nitrogen and oxygen atoms in total. The van der Waals surface area contributed by atoms with Crippen LogP contribution >= 0.6 is 0 Å². The third-order valence-electron chi connectivity index (χ3n) is 5.71. The van der Waals surface area contributed by atoms with Gasteiger partial charge in [-0.25, -0.2) is 0 Å². The Hall–Kier alpha value is -4.15. The largest absolute Gasteiger partial charge is 0.301 e. The maximum Gasteiger partial charge on any atom is 0.301 e. The maximum atomic E-state index is 13.3. The number of nitro benzene ring substituents is 2. The molecule has 0 bridgehead atoms. The zero-order chi connectivity index (χ0) is 25.4. The number of nitrogens with one attached hydrogen (secondary N) is 1. The number of hydrogen-bond acceptors (Lipinski definition) is 8. The summed E-state index contributed by atoms with van der Waals surface area (Å²) in [5, 5.41) is 32.7. The predicted octanol–water partition coefficient (Wildman–Crippen LogP) is 5.67. The first-order chi connectivity index (χ1) is 16.8. The molecule has 0 fully saturated rings. The fourth-order valence-corrected chi connectivity index (χ4v) is 3.89. The van der Waals surface area contributed by atoms with Gasteiger partial charge in [0.1, 0.15) is 11.6 Å². The van der Waals surface area contributed by atoms with Crippen LogP contribution in [0.5, 0.6) is 0 Å². The molecule has 1 aliphatic rings. The van der Waals surface area contributed by atoms with E-state index in [1.807, 2.05) is 18.2 Å². The van der Waals surface area contributed by atoms with Crippen LogP contribution in [-0.4, -0.2) is 27.2 Å². The summed E-state index contributed by atoms with van der Waals surface area (Å²) in [5.74, 6) is -0.952. The average molecular weight is 481 g/mol. The first-order valence-corrected chi connectivity index (χ1v) is 11.5. The van der Waals surface area contributed by atoms with Gasteiger partial charge in [0.05, 0.1) is 33.0 Å². The topological polar surface area (TPSA) is 143 Å². The SMILES string of the molecule is CCCCCCCC(=NNc1ccc([N+](=O)[O-])cc1[N+](=O)[O-])C1C(=O)N(c2ccccc2)N=C1C. The summed E-state index contributed by atoms with van der Waals surface area (Å²) >= 11 is 0. The monoisotopic (exact) mass is 480 g/mol. The number of para-hydroxylation sites is 1. The molecular weight excluding hydrogens is 452 g/mol. The van der Waals surface area contributed by atoms with E-state index in [0.717, 1.165) is 38.2 Å². The van der Waals surface area contributed by atoms with Crippen molar-refractivity contribution in [2.75, 3.05) is 10.4 Å². The van der Waals surface area contributed by atoms with Gasteiger partial charge < -0.3 is 0 Å². The van der Waals surface area contributed by atoms with Gasteiger partial charge >= 0.3 is 5.69 Å². The van der Waals surface area contributed by atoms with E-state index in [1.54, 1.807) is 19.1 Å². The van der Waals surface area contributed by atoms with Crippen molar-refractivity contribution >= 4 is 40.1 Å². The van der Waals surface area contributed by atoms with Crippen LogP contribution < -0.4 is 10.4 Å². The molecule has 0 saturated heterocycles. The Bertz CT molecular complexity index is 1150. The summed E-state index contributed by atoms with van der Waals surface area (Å²) in [6.07, 6.45) is 5.54. The smallest absolute Gasteiger partial charge is 0.272 e. The second-order valence-electron chi connectivity index (χ2n) is 8.25. The summed E-state index contributed by atoms with van der Waals surface area (Å²) in [4.78, 5) is 34.4.